The van der Waals surface area contributed by atoms with Crippen LogP contribution in [0.3, 0.4) is 0 Å². The predicted molar refractivity (Wildman–Crippen MR) is 89.5 cm³/mol. The lowest BCUT2D eigenvalue weighted by atomic mass is 9.81. The van der Waals surface area contributed by atoms with Crippen molar-refractivity contribution in [2.45, 2.75) is 12.8 Å². The maximum absolute atomic E-state index is 12.9. The summed E-state index contributed by atoms with van der Waals surface area (Å²) < 4.78 is 0.972. The van der Waals surface area contributed by atoms with Gasteiger partial charge in [0.05, 0.1) is 5.52 Å². The number of aromatic nitrogens is 1. The Kier molecular flexibility index (Phi) is 3.30. The fourth-order valence-electron chi connectivity index (χ4n) is 3.35. The number of carbonyl (C=O) groups excluding carboxylic acids is 1. The summed E-state index contributed by atoms with van der Waals surface area (Å²) in [7, 11) is 0. The van der Waals surface area contributed by atoms with Gasteiger partial charge in [0.1, 0.15) is 0 Å². The molecule has 114 valence electrons. The molecule has 0 amide bonds. The van der Waals surface area contributed by atoms with Crippen LogP contribution in [0.2, 0.25) is 0 Å². The van der Waals surface area contributed by atoms with E-state index in [1.165, 1.54) is 0 Å². The monoisotopic (exact) mass is 304 g/mol. The summed E-state index contributed by atoms with van der Waals surface area (Å²) in [6.45, 7) is 0.502. The number of hydrogen-bond acceptors (Lipinski definition) is 3. The quantitative estimate of drug-likeness (QED) is 0.486. The van der Waals surface area contributed by atoms with E-state index in [1.54, 1.807) is 18.5 Å². The Labute approximate surface area is 134 Å². The van der Waals surface area contributed by atoms with Crippen LogP contribution in [0.15, 0.2) is 59.8 Å². The molecule has 2 aromatic rings. The Hall–Kier alpha value is -2.75. The molecular weight excluding hydrogens is 288 g/mol. The number of fused-ring (bicyclic) bond motifs is 2. The lowest BCUT2D eigenvalue weighted by molar-refractivity contribution is -0.457. The first-order chi connectivity index (χ1) is 11.2. The lowest BCUT2D eigenvalue weighted by Gasteiger charge is -2.25. The molecule has 0 bridgehead atoms. The van der Waals surface area contributed by atoms with Crippen LogP contribution in [0.4, 0.5) is 0 Å². The molecule has 2 heterocycles. The molecule has 0 fully saturated rings. The summed E-state index contributed by atoms with van der Waals surface area (Å²) in [5, 5.41) is 12.3. The van der Waals surface area contributed by atoms with E-state index in [2.05, 4.69) is 4.98 Å². The van der Waals surface area contributed by atoms with Crippen LogP contribution in [0.5, 0.6) is 0 Å². The van der Waals surface area contributed by atoms with Crippen LogP contribution < -0.4 is 0 Å². The first-order valence-corrected chi connectivity index (χ1v) is 7.80. The highest BCUT2D eigenvalue weighted by atomic mass is 16.5. The number of benzene rings is 1. The van der Waals surface area contributed by atoms with Gasteiger partial charge in [0.15, 0.2) is 18.5 Å². The summed E-state index contributed by atoms with van der Waals surface area (Å²) >= 11 is 0. The van der Waals surface area contributed by atoms with Gasteiger partial charge in [0, 0.05) is 34.7 Å². The zero-order valence-electron chi connectivity index (χ0n) is 12.6. The number of ketones is 1. The summed E-state index contributed by atoms with van der Waals surface area (Å²) in [6.07, 6.45) is 8.60. The van der Waals surface area contributed by atoms with E-state index in [0.29, 0.717) is 18.5 Å². The molecule has 4 rings (SSSR count). The number of allylic oxidation sites excluding steroid dienone is 4. The van der Waals surface area contributed by atoms with Gasteiger partial charge < -0.3 is 5.21 Å². The average molecular weight is 304 g/mol. The fraction of sp³-hybridized carbons (Fsp3) is 0.211. The number of Topliss-reactive ketones (excluding diaryl/α,β-unsaturated/α-hetero) is 1. The third kappa shape index (κ3) is 2.46. The minimum atomic E-state index is 0.0588. The van der Waals surface area contributed by atoms with Gasteiger partial charge in [0.2, 0.25) is 0 Å². The molecule has 2 aliphatic rings. The van der Waals surface area contributed by atoms with E-state index in [4.69, 9.17) is 0 Å². The number of hydroxylamine groups is 1. The van der Waals surface area contributed by atoms with Crippen LogP contribution in [0, 0.1) is 11.1 Å². The smallest absolute Gasteiger partial charge is 0.189 e. The van der Waals surface area contributed by atoms with E-state index in [9.17, 15) is 10.0 Å². The zero-order valence-corrected chi connectivity index (χ0v) is 12.6. The Morgan fingerprint density at radius 3 is 3.00 bits per heavy atom. The maximum Gasteiger partial charge on any atom is 0.189 e. The van der Waals surface area contributed by atoms with Crippen molar-refractivity contribution in [3.63, 3.8) is 0 Å². The van der Waals surface area contributed by atoms with Gasteiger partial charge >= 0.3 is 0 Å². The maximum atomic E-state index is 12.9. The molecule has 0 N–H and O–H groups in total. The Bertz CT molecular complexity index is 888. The fourth-order valence-corrected chi connectivity index (χ4v) is 3.35. The molecule has 1 aliphatic heterocycles. The molecule has 0 radical (unpaired) electrons. The standard InChI is InChI=1S/C19H16N2O2/c22-19(17-7-9-20-18-4-2-1-3-16(17)18)14-5-6-15-12-21(23)10-8-13(15)11-14/h1-7,9,12-13H,8,10-11H2/t13-/m1/s1. The van der Waals surface area contributed by atoms with Crippen molar-refractivity contribution in [1.29, 1.82) is 0 Å². The Morgan fingerprint density at radius 2 is 2.09 bits per heavy atom. The number of hydrogen-bond donors (Lipinski definition) is 0. The highest BCUT2D eigenvalue weighted by Crippen LogP contribution is 2.31. The van der Waals surface area contributed by atoms with Crippen molar-refractivity contribution in [2.24, 2.45) is 5.92 Å². The molecule has 1 aromatic heterocycles. The van der Waals surface area contributed by atoms with Crippen LogP contribution >= 0.6 is 0 Å². The van der Waals surface area contributed by atoms with Gasteiger partial charge in [-0.3, -0.25) is 9.78 Å². The molecule has 0 saturated heterocycles. The van der Waals surface area contributed by atoms with E-state index in [0.717, 1.165) is 33.2 Å². The second-order valence-corrected chi connectivity index (χ2v) is 6.02. The van der Waals surface area contributed by atoms with Gasteiger partial charge in [-0.2, -0.15) is 0 Å². The topological polar surface area (TPSA) is 56.0 Å². The second-order valence-electron chi connectivity index (χ2n) is 6.02. The first-order valence-electron chi connectivity index (χ1n) is 7.80. The van der Waals surface area contributed by atoms with Crippen molar-refractivity contribution < 1.29 is 9.53 Å². The molecule has 4 nitrogen and oxygen atoms in total. The van der Waals surface area contributed by atoms with Crippen molar-refractivity contribution in [1.82, 2.24) is 4.98 Å². The Balaban J connectivity index is 1.72. The van der Waals surface area contributed by atoms with Gasteiger partial charge in [-0.1, -0.05) is 30.4 Å². The summed E-state index contributed by atoms with van der Waals surface area (Å²) in [5.41, 5.74) is 3.37. The number of rotatable bonds is 2. The molecule has 0 unspecified atom stereocenters. The van der Waals surface area contributed by atoms with Gasteiger partial charge in [-0.15, -0.1) is 0 Å². The van der Waals surface area contributed by atoms with E-state index >= 15 is 0 Å². The predicted octanol–water partition coefficient (Wildman–Crippen LogP) is 3.28. The highest BCUT2D eigenvalue weighted by Gasteiger charge is 2.28. The van der Waals surface area contributed by atoms with E-state index < -0.39 is 0 Å². The molecule has 1 aromatic carbocycles. The zero-order chi connectivity index (χ0) is 15.8. The number of pyridine rings is 1. The molecule has 4 heteroatoms. The number of nitrogens with zero attached hydrogens (tertiary/aromatic N) is 2. The third-order valence-corrected chi connectivity index (χ3v) is 4.59. The lowest BCUT2D eigenvalue weighted by Crippen LogP contribution is -2.25. The molecule has 1 atom stereocenters. The second kappa shape index (κ2) is 5.47. The number of carbonyl (C=O) groups is 1. The molecular formula is C19H16N2O2. The highest BCUT2D eigenvalue weighted by molar-refractivity contribution is 6.16. The molecule has 0 spiro atoms. The minimum Gasteiger partial charge on any atom is -0.624 e. The van der Waals surface area contributed by atoms with Crippen LogP contribution in [-0.4, -0.2) is 28.3 Å². The van der Waals surface area contributed by atoms with Crippen molar-refractivity contribution in [2.75, 3.05) is 6.54 Å². The summed E-state index contributed by atoms with van der Waals surface area (Å²) in [4.78, 5) is 17.3. The minimum absolute atomic E-state index is 0.0588. The van der Waals surface area contributed by atoms with E-state index in [-0.39, 0.29) is 11.7 Å². The SMILES string of the molecule is O=C(C1=CC=C2C=[N+]([O-])CC[C@@H]2C1)c1ccnc2ccccc12. The molecule has 1 aliphatic carbocycles. The van der Waals surface area contributed by atoms with Gasteiger partial charge in [-0.25, -0.2) is 4.74 Å². The van der Waals surface area contributed by atoms with E-state index in [1.807, 2.05) is 36.4 Å². The largest absolute Gasteiger partial charge is 0.624 e. The number of para-hydroxylation sites is 1. The van der Waals surface area contributed by atoms with Crippen LogP contribution in [0.25, 0.3) is 10.9 Å². The van der Waals surface area contributed by atoms with Gasteiger partial charge in [0.25, 0.3) is 0 Å². The Morgan fingerprint density at radius 1 is 1.22 bits per heavy atom. The first kappa shape index (κ1) is 13.9. The third-order valence-electron chi connectivity index (χ3n) is 4.59. The summed E-state index contributed by atoms with van der Waals surface area (Å²) in [5.74, 6) is 0.334. The van der Waals surface area contributed by atoms with Gasteiger partial charge in [-0.05, 0) is 24.5 Å². The van der Waals surface area contributed by atoms with Crippen molar-refractivity contribution in [3.05, 3.63) is 70.6 Å². The normalized spacial score (nSPS) is 20.3. The molecule has 0 saturated carbocycles. The molecule has 23 heavy (non-hydrogen) atoms. The van der Waals surface area contributed by atoms with Crippen molar-refractivity contribution in [3.8, 4) is 0 Å². The summed E-state index contributed by atoms with van der Waals surface area (Å²) in [6, 6.07) is 9.48. The van der Waals surface area contributed by atoms with Crippen molar-refractivity contribution >= 4 is 22.9 Å². The van der Waals surface area contributed by atoms with Crippen LogP contribution in [-0.2, 0) is 0 Å². The average Bonchev–Trinajstić information content (AvgIpc) is 2.60. The van der Waals surface area contributed by atoms with Crippen LogP contribution in [0.1, 0.15) is 23.2 Å².